The molecule has 1 fully saturated rings. The van der Waals surface area contributed by atoms with Crippen molar-refractivity contribution in [1.82, 2.24) is 20.3 Å². The molecule has 1 aliphatic heterocycles. The molecule has 0 saturated carbocycles. The number of rotatable bonds is 5. The van der Waals surface area contributed by atoms with Gasteiger partial charge in [-0.15, -0.1) is 11.3 Å². The Kier molecular flexibility index (Phi) is 5.33. The van der Waals surface area contributed by atoms with Crippen molar-refractivity contribution in [2.45, 2.75) is 13.8 Å². The molecule has 0 atom stereocenters. The van der Waals surface area contributed by atoms with E-state index < -0.39 is 0 Å². The minimum atomic E-state index is 0.432. The van der Waals surface area contributed by atoms with Crippen molar-refractivity contribution in [2.24, 2.45) is 0 Å². The monoisotopic (exact) mass is 435 g/mol. The van der Waals surface area contributed by atoms with Crippen molar-refractivity contribution in [3.8, 4) is 23.0 Å². The Balaban J connectivity index is 1.69. The lowest BCUT2D eigenvalue weighted by molar-refractivity contribution is 0.314. The quantitative estimate of drug-likeness (QED) is 0.507. The number of benzene rings is 1. The van der Waals surface area contributed by atoms with E-state index in [1.807, 2.05) is 31.2 Å². The smallest absolute Gasteiger partial charge is 0.319 e. The van der Waals surface area contributed by atoms with Gasteiger partial charge in [-0.1, -0.05) is 0 Å². The number of ether oxygens (including phenoxy) is 2. The minimum Gasteiger partial charge on any atom is -0.497 e. The zero-order chi connectivity index (χ0) is 21.4. The van der Waals surface area contributed by atoms with Crippen molar-refractivity contribution in [3.05, 3.63) is 35.9 Å². The first-order chi connectivity index (χ1) is 15.2. The first-order valence-electron chi connectivity index (χ1n) is 10.5. The predicted octanol–water partition coefficient (Wildman–Crippen LogP) is 4.03. The minimum absolute atomic E-state index is 0.432. The summed E-state index contributed by atoms with van der Waals surface area (Å²) in [6.07, 6.45) is 0. The standard InChI is InChI=1S/C23H25N5O2S/c1-4-30-23-26-19-18-14(2)13-17(15-5-7-16(29-3)8-6-15)25-22(18)31-20(19)21(27-23)28-11-9-24-10-12-28/h5-8,13,24H,4,9-12H2,1-3H3. The number of nitrogens with one attached hydrogen (secondary N) is 1. The lowest BCUT2D eigenvalue weighted by Crippen LogP contribution is -2.44. The van der Waals surface area contributed by atoms with E-state index in [9.17, 15) is 0 Å². The summed E-state index contributed by atoms with van der Waals surface area (Å²) in [6.45, 7) is 8.32. The fourth-order valence-electron chi connectivity index (χ4n) is 3.98. The number of methoxy groups -OCH3 is 1. The number of aryl methyl sites for hydroxylation is 1. The van der Waals surface area contributed by atoms with Crippen LogP contribution in [0, 0.1) is 6.92 Å². The second-order valence-electron chi connectivity index (χ2n) is 7.51. The molecule has 1 aliphatic rings. The molecule has 4 heterocycles. The van der Waals surface area contributed by atoms with Gasteiger partial charge in [0.15, 0.2) is 5.82 Å². The Hall–Kier alpha value is -2.97. The van der Waals surface area contributed by atoms with Crippen LogP contribution in [0.25, 0.3) is 31.7 Å². The summed E-state index contributed by atoms with van der Waals surface area (Å²) in [4.78, 5) is 17.8. The lowest BCUT2D eigenvalue weighted by Gasteiger charge is -2.28. The third-order valence-corrected chi connectivity index (χ3v) is 6.59. The van der Waals surface area contributed by atoms with Gasteiger partial charge in [0, 0.05) is 37.1 Å². The van der Waals surface area contributed by atoms with Gasteiger partial charge in [0.1, 0.15) is 16.1 Å². The van der Waals surface area contributed by atoms with Crippen molar-refractivity contribution in [1.29, 1.82) is 0 Å². The lowest BCUT2D eigenvalue weighted by atomic mass is 10.1. The van der Waals surface area contributed by atoms with Crippen LogP contribution in [0.1, 0.15) is 12.5 Å². The van der Waals surface area contributed by atoms with Gasteiger partial charge >= 0.3 is 6.01 Å². The highest BCUT2D eigenvalue weighted by molar-refractivity contribution is 7.26. The molecule has 7 nitrogen and oxygen atoms in total. The van der Waals surface area contributed by atoms with Gasteiger partial charge in [0.05, 0.1) is 24.1 Å². The van der Waals surface area contributed by atoms with Crippen LogP contribution >= 0.6 is 11.3 Å². The fourth-order valence-corrected chi connectivity index (χ4v) is 5.19. The molecule has 0 radical (unpaired) electrons. The Morgan fingerprint density at radius 1 is 1.10 bits per heavy atom. The predicted molar refractivity (Wildman–Crippen MR) is 126 cm³/mol. The molecular formula is C23H25N5O2S. The van der Waals surface area contributed by atoms with Crippen molar-refractivity contribution in [3.63, 3.8) is 0 Å². The molecular weight excluding hydrogens is 410 g/mol. The van der Waals surface area contributed by atoms with Gasteiger partial charge in [0.2, 0.25) is 0 Å². The number of nitrogens with zero attached hydrogens (tertiary/aromatic N) is 4. The summed E-state index contributed by atoms with van der Waals surface area (Å²) in [5, 5.41) is 4.49. The second-order valence-corrected chi connectivity index (χ2v) is 8.51. The number of piperazine rings is 1. The van der Waals surface area contributed by atoms with Crippen LogP contribution in [0.3, 0.4) is 0 Å². The molecule has 5 rings (SSSR count). The number of hydrogen-bond donors (Lipinski definition) is 1. The van der Waals surface area contributed by atoms with Gasteiger partial charge in [-0.05, 0) is 49.7 Å². The van der Waals surface area contributed by atoms with E-state index in [1.165, 1.54) is 0 Å². The summed E-state index contributed by atoms with van der Waals surface area (Å²) in [5.41, 5.74) is 4.08. The average Bonchev–Trinajstić information content (AvgIpc) is 3.18. The maximum Gasteiger partial charge on any atom is 0.319 e. The highest BCUT2D eigenvalue weighted by Crippen LogP contribution is 2.40. The number of anilines is 1. The van der Waals surface area contributed by atoms with Gasteiger partial charge in [0.25, 0.3) is 0 Å². The van der Waals surface area contributed by atoms with E-state index in [0.29, 0.717) is 12.6 Å². The Bertz CT molecular complexity index is 1230. The van der Waals surface area contributed by atoms with Crippen LogP contribution in [0.5, 0.6) is 11.8 Å². The van der Waals surface area contributed by atoms with Crippen LogP contribution in [-0.4, -0.2) is 54.8 Å². The van der Waals surface area contributed by atoms with E-state index in [1.54, 1.807) is 18.4 Å². The molecule has 4 aromatic rings. The van der Waals surface area contributed by atoms with Crippen LogP contribution in [0.4, 0.5) is 5.82 Å². The molecule has 0 unspecified atom stereocenters. The van der Waals surface area contributed by atoms with Crippen molar-refractivity contribution in [2.75, 3.05) is 44.8 Å². The van der Waals surface area contributed by atoms with Gasteiger partial charge in [-0.2, -0.15) is 9.97 Å². The van der Waals surface area contributed by atoms with Crippen LogP contribution in [0.15, 0.2) is 30.3 Å². The second kappa shape index (κ2) is 8.28. The topological polar surface area (TPSA) is 72.4 Å². The molecule has 1 aromatic carbocycles. The number of aromatic nitrogens is 3. The normalized spacial score (nSPS) is 14.4. The molecule has 0 aliphatic carbocycles. The highest BCUT2D eigenvalue weighted by atomic mass is 32.1. The Morgan fingerprint density at radius 3 is 2.58 bits per heavy atom. The van der Waals surface area contributed by atoms with E-state index in [-0.39, 0.29) is 0 Å². The van der Waals surface area contributed by atoms with E-state index in [2.05, 4.69) is 23.2 Å². The molecule has 0 spiro atoms. The Morgan fingerprint density at radius 2 is 1.87 bits per heavy atom. The first kappa shape index (κ1) is 20.0. The zero-order valence-corrected chi connectivity index (χ0v) is 18.8. The first-order valence-corrected chi connectivity index (χ1v) is 11.3. The molecule has 0 bridgehead atoms. The maximum absolute atomic E-state index is 5.73. The van der Waals surface area contributed by atoms with E-state index in [0.717, 1.165) is 75.0 Å². The highest BCUT2D eigenvalue weighted by Gasteiger charge is 2.22. The maximum atomic E-state index is 5.73. The molecule has 1 N–H and O–H groups in total. The zero-order valence-electron chi connectivity index (χ0n) is 17.9. The molecule has 8 heteroatoms. The third-order valence-electron chi connectivity index (χ3n) is 5.52. The molecule has 160 valence electrons. The van der Waals surface area contributed by atoms with Crippen molar-refractivity contribution >= 4 is 37.6 Å². The summed E-state index contributed by atoms with van der Waals surface area (Å²) in [6, 6.07) is 10.6. The fraction of sp³-hybridized carbons (Fsp3) is 0.348. The summed E-state index contributed by atoms with van der Waals surface area (Å²) >= 11 is 1.66. The molecule has 31 heavy (non-hydrogen) atoms. The number of pyridine rings is 1. The average molecular weight is 436 g/mol. The molecule has 0 amide bonds. The van der Waals surface area contributed by atoms with E-state index in [4.69, 9.17) is 24.4 Å². The number of fused-ring (bicyclic) bond motifs is 3. The van der Waals surface area contributed by atoms with Crippen LogP contribution in [0.2, 0.25) is 0 Å². The van der Waals surface area contributed by atoms with E-state index >= 15 is 0 Å². The summed E-state index contributed by atoms with van der Waals surface area (Å²) in [7, 11) is 1.67. The third kappa shape index (κ3) is 3.66. The van der Waals surface area contributed by atoms with Gasteiger partial charge in [-0.3, -0.25) is 0 Å². The van der Waals surface area contributed by atoms with Gasteiger partial charge < -0.3 is 19.7 Å². The summed E-state index contributed by atoms with van der Waals surface area (Å²) in [5.74, 6) is 1.78. The number of thiophene rings is 1. The Labute approximate surface area is 185 Å². The largest absolute Gasteiger partial charge is 0.497 e. The molecule has 3 aromatic heterocycles. The number of hydrogen-bond acceptors (Lipinski definition) is 8. The SMILES string of the molecule is CCOc1nc(N2CCNCC2)c2sc3nc(-c4ccc(OC)cc4)cc(C)c3c2n1. The van der Waals surface area contributed by atoms with Crippen LogP contribution < -0.4 is 19.7 Å². The summed E-state index contributed by atoms with van der Waals surface area (Å²) < 4.78 is 12.1. The van der Waals surface area contributed by atoms with Crippen molar-refractivity contribution < 1.29 is 9.47 Å². The van der Waals surface area contributed by atoms with Gasteiger partial charge in [-0.25, -0.2) is 4.98 Å². The van der Waals surface area contributed by atoms with Crippen LogP contribution in [-0.2, 0) is 0 Å². The molecule has 1 saturated heterocycles.